The second-order valence-electron chi connectivity index (χ2n) is 7.24. The number of likely N-dealkylation sites (tertiary alicyclic amines) is 1. The molecular weight excluding hydrogens is 342 g/mol. The van der Waals surface area contributed by atoms with Crippen LogP contribution in [0.1, 0.15) is 41.4 Å². The number of rotatable bonds is 5. The first-order chi connectivity index (χ1) is 12.9. The number of hydrogen-bond donors (Lipinski definition) is 1. The van der Waals surface area contributed by atoms with Gasteiger partial charge >= 0.3 is 0 Å². The molecule has 0 aliphatic carbocycles. The third-order valence-corrected chi connectivity index (χ3v) is 5.38. The number of aromatic nitrogens is 1. The van der Waals surface area contributed by atoms with Crippen LogP contribution in [0, 0.1) is 5.41 Å². The minimum atomic E-state index is -0.520. The summed E-state index contributed by atoms with van der Waals surface area (Å²) in [5.74, 6) is 0.472. The number of piperidine rings is 1. The fourth-order valence-corrected chi connectivity index (χ4v) is 3.33. The second-order valence-corrected chi connectivity index (χ2v) is 7.24. The molecule has 0 spiro atoms. The summed E-state index contributed by atoms with van der Waals surface area (Å²) < 4.78 is 5.37. The van der Waals surface area contributed by atoms with Crippen molar-refractivity contribution in [2.75, 3.05) is 20.2 Å². The molecule has 6 heteroatoms. The predicted octanol–water partition coefficient (Wildman–Crippen LogP) is 2.41. The molecule has 2 amide bonds. The van der Waals surface area contributed by atoms with Crippen molar-refractivity contribution in [2.45, 2.75) is 26.2 Å². The quantitative estimate of drug-likeness (QED) is 0.879. The largest absolute Gasteiger partial charge is 0.496 e. The van der Waals surface area contributed by atoms with Crippen LogP contribution in [0.2, 0.25) is 0 Å². The maximum absolute atomic E-state index is 12.7. The number of para-hydroxylation sites is 1. The molecule has 2 N–H and O–H groups in total. The Morgan fingerprint density at radius 3 is 2.48 bits per heavy atom. The van der Waals surface area contributed by atoms with Crippen molar-refractivity contribution in [3.8, 4) is 5.75 Å². The summed E-state index contributed by atoms with van der Waals surface area (Å²) in [6.07, 6.45) is 3.44. The predicted molar refractivity (Wildman–Crippen MR) is 102 cm³/mol. The number of nitrogens with zero attached hydrogens (tertiary/aromatic N) is 2. The van der Waals surface area contributed by atoms with Gasteiger partial charge in [-0.2, -0.15) is 0 Å². The number of benzene rings is 1. The van der Waals surface area contributed by atoms with Gasteiger partial charge in [-0.25, -0.2) is 0 Å². The number of methoxy groups -OCH3 is 1. The first-order valence-electron chi connectivity index (χ1n) is 9.09. The van der Waals surface area contributed by atoms with E-state index >= 15 is 0 Å². The minimum Gasteiger partial charge on any atom is -0.496 e. The van der Waals surface area contributed by atoms with Crippen molar-refractivity contribution in [1.29, 1.82) is 0 Å². The van der Waals surface area contributed by atoms with Crippen LogP contribution in [0.15, 0.2) is 42.6 Å². The van der Waals surface area contributed by atoms with Crippen molar-refractivity contribution in [2.24, 2.45) is 11.1 Å². The highest BCUT2D eigenvalue weighted by atomic mass is 16.5. The summed E-state index contributed by atoms with van der Waals surface area (Å²) in [6.45, 7) is 2.92. The molecule has 0 bridgehead atoms. The Morgan fingerprint density at radius 2 is 1.89 bits per heavy atom. The molecule has 1 aromatic heterocycles. The van der Waals surface area contributed by atoms with Crippen molar-refractivity contribution in [3.05, 3.63) is 59.4 Å². The molecule has 0 unspecified atom stereocenters. The molecule has 6 nitrogen and oxygen atoms in total. The van der Waals surface area contributed by atoms with Crippen LogP contribution in [0.5, 0.6) is 5.75 Å². The Labute approximate surface area is 159 Å². The number of pyridine rings is 1. The highest BCUT2D eigenvalue weighted by molar-refractivity contribution is 5.94. The number of nitrogens with two attached hydrogens (primary N) is 1. The Kier molecular flexibility index (Phi) is 5.44. The van der Waals surface area contributed by atoms with E-state index in [4.69, 9.17) is 10.5 Å². The fourth-order valence-electron chi connectivity index (χ4n) is 3.33. The summed E-state index contributed by atoms with van der Waals surface area (Å²) in [5, 5.41) is 0. The number of ether oxygens (including phenoxy) is 1. The van der Waals surface area contributed by atoms with Crippen LogP contribution < -0.4 is 10.5 Å². The number of primary amides is 1. The first-order valence-corrected chi connectivity index (χ1v) is 9.09. The Bertz CT molecular complexity index is 825. The molecule has 0 atom stereocenters. The van der Waals surface area contributed by atoms with Crippen LogP contribution >= 0.6 is 0 Å². The molecule has 0 radical (unpaired) electrons. The average Bonchev–Trinajstić information content (AvgIpc) is 2.69. The molecule has 1 fully saturated rings. The van der Waals surface area contributed by atoms with Gasteiger partial charge in [-0.3, -0.25) is 14.6 Å². The highest BCUT2D eigenvalue weighted by Crippen LogP contribution is 2.31. The van der Waals surface area contributed by atoms with E-state index in [0.29, 0.717) is 37.9 Å². The molecule has 0 saturated carbocycles. The summed E-state index contributed by atoms with van der Waals surface area (Å²) in [4.78, 5) is 30.5. The maximum Gasteiger partial charge on any atom is 0.255 e. The van der Waals surface area contributed by atoms with Gasteiger partial charge in [-0.05, 0) is 31.0 Å². The van der Waals surface area contributed by atoms with E-state index in [1.807, 2.05) is 43.3 Å². The molecular formula is C21H25N3O3. The summed E-state index contributed by atoms with van der Waals surface area (Å²) in [5.41, 5.74) is 7.43. The second kappa shape index (κ2) is 7.78. The average molecular weight is 367 g/mol. The van der Waals surface area contributed by atoms with E-state index in [0.717, 1.165) is 17.0 Å². The monoisotopic (exact) mass is 367 g/mol. The first kappa shape index (κ1) is 18.9. The number of hydrogen-bond acceptors (Lipinski definition) is 4. The van der Waals surface area contributed by atoms with Crippen molar-refractivity contribution in [1.82, 2.24) is 9.88 Å². The normalized spacial score (nSPS) is 16.0. The molecule has 1 aliphatic heterocycles. The zero-order valence-electron chi connectivity index (χ0n) is 15.8. The van der Waals surface area contributed by atoms with Crippen LogP contribution in [-0.4, -0.2) is 41.9 Å². The van der Waals surface area contributed by atoms with Crippen molar-refractivity contribution < 1.29 is 14.3 Å². The standard InChI is InChI=1S/C21H25N3O3/c1-21(20(22)26)9-11-24(12-10-21)19(25)16-7-8-17(23-14-16)13-15-5-3-4-6-18(15)27-2/h3-8,14H,9-13H2,1-2H3,(H2,22,26). The van der Waals surface area contributed by atoms with Gasteiger partial charge in [-0.1, -0.05) is 25.1 Å². The van der Waals surface area contributed by atoms with Gasteiger partial charge in [0.1, 0.15) is 5.75 Å². The Morgan fingerprint density at radius 1 is 1.19 bits per heavy atom. The van der Waals surface area contributed by atoms with E-state index < -0.39 is 5.41 Å². The van der Waals surface area contributed by atoms with Crippen LogP contribution in [0.4, 0.5) is 0 Å². The van der Waals surface area contributed by atoms with E-state index in [1.165, 1.54) is 0 Å². The Balaban J connectivity index is 1.65. The molecule has 1 aromatic carbocycles. The van der Waals surface area contributed by atoms with E-state index in [1.54, 1.807) is 18.2 Å². The molecule has 3 rings (SSSR count). The van der Waals surface area contributed by atoms with Gasteiger partial charge in [0.25, 0.3) is 5.91 Å². The van der Waals surface area contributed by atoms with Gasteiger partial charge in [0.15, 0.2) is 0 Å². The summed E-state index contributed by atoms with van der Waals surface area (Å²) in [6, 6.07) is 11.5. The van der Waals surface area contributed by atoms with Gasteiger partial charge in [0, 0.05) is 42.4 Å². The zero-order valence-corrected chi connectivity index (χ0v) is 15.8. The van der Waals surface area contributed by atoms with Gasteiger partial charge in [0.05, 0.1) is 12.7 Å². The lowest BCUT2D eigenvalue weighted by atomic mass is 9.79. The van der Waals surface area contributed by atoms with Crippen LogP contribution in [-0.2, 0) is 11.2 Å². The SMILES string of the molecule is COc1ccccc1Cc1ccc(C(=O)N2CCC(C)(C(N)=O)CC2)cn1. The third-order valence-electron chi connectivity index (χ3n) is 5.38. The van der Waals surface area contributed by atoms with Crippen molar-refractivity contribution >= 4 is 11.8 Å². The van der Waals surface area contributed by atoms with E-state index in [9.17, 15) is 9.59 Å². The molecule has 2 aromatic rings. The van der Waals surface area contributed by atoms with Gasteiger partial charge < -0.3 is 15.4 Å². The lowest BCUT2D eigenvalue weighted by Crippen LogP contribution is -2.47. The zero-order chi connectivity index (χ0) is 19.4. The van der Waals surface area contributed by atoms with Gasteiger partial charge in [-0.15, -0.1) is 0 Å². The molecule has 1 saturated heterocycles. The molecule has 1 aliphatic rings. The molecule has 2 heterocycles. The Hall–Kier alpha value is -2.89. The number of carbonyl (C=O) groups excluding carboxylic acids is 2. The lowest BCUT2D eigenvalue weighted by Gasteiger charge is -2.37. The van der Waals surface area contributed by atoms with E-state index in [-0.39, 0.29) is 11.8 Å². The highest BCUT2D eigenvalue weighted by Gasteiger charge is 2.36. The molecule has 27 heavy (non-hydrogen) atoms. The number of carbonyl (C=O) groups is 2. The summed E-state index contributed by atoms with van der Waals surface area (Å²) in [7, 11) is 1.65. The van der Waals surface area contributed by atoms with Crippen LogP contribution in [0.25, 0.3) is 0 Å². The fraction of sp³-hybridized carbons (Fsp3) is 0.381. The van der Waals surface area contributed by atoms with Crippen LogP contribution in [0.3, 0.4) is 0 Å². The van der Waals surface area contributed by atoms with Gasteiger partial charge in [0.2, 0.25) is 5.91 Å². The third kappa shape index (κ3) is 4.10. The topological polar surface area (TPSA) is 85.5 Å². The smallest absolute Gasteiger partial charge is 0.255 e. The van der Waals surface area contributed by atoms with E-state index in [2.05, 4.69) is 4.98 Å². The van der Waals surface area contributed by atoms with Crippen molar-refractivity contribution in [3.63, 3.8) is 0 Å². The lowest BCUT2D eigenvalue weighted by molar-refractivity contribution is -0.129. The molecule has 142 valence electrons. The number of amides is 2. The maximum atomic E-state index is 12.7. The minimum absolute atomic E-state index is 0.0575. The summed E-state index contributed by atoms with van der Waals surface area (Å²) >= 11 is 0.